The minimum absolute atomic E-state index is 0.159. The summed E-state index contributed by atoms with van der Waals surface area (Å²) >= 11 is 0. The number of hydrogen-bond donors (Lipinski definition) is 2. The smallest absolute Gasteiger partial charge is 0.322 e. The van der Waals surface area contributed by atoms with Gasteiger partial charge < -0.3 is 5.32 Å². The Morgan fingerprint density at radius 2 is 1.78 bits per heavy atom. The third-order valence-electron chi connectivity index (χ3n) is 3.28. The van der Waals surface area contributed by atoms with Crippen LogP contribution in [0.2, 0.25) is 0 Å². The molecule has 142 valence electrons. The first-order valence-electron chi connectivity index (χ1n) is 7.32. The molecular formula is C15H14N3O7S2+. The summed E-state index contributed by atoms with van der Waals surface area (Å²) < 4.78 is 57.8. The first-order valence-corrected chi connectivity index (χ1v) is 10.3. The second-order valence-corrected chi connectivity index (χ2v) is 8.40. The number of anilines is 1. The Bertz CT molecular complexity index is 1090. The minimum atomic E-state index is -4.73. The zero-order chi connectivity index (χ0) is 20.1. The summed E-state index contributed by atoms with van der Waals surface area (Å²) in [4.78, 5) is 15.0. The molecule has 12 heteroatoms. The Hall–Kier alpha value is -2.85. The number of amides is 1. The van der Waals surface area contributed by atoms with Crippen molar-refractivity contribution in [2.45, 2.75) is 4.90 Å². The lowest BCUT2D eigenvalue weighted by Gasteiger charge is -2.08. The fourth-order valence-electron chi connectivity index (χ4n) is 2.02. The Balaban J connectivity index is 2.12. The van der Waals surface area contributed by atoms with Gasteiger partial charge >= 0.3 is 16.1 Å². The van der Waals surface area contributed by atoms with E-state index in [0.29, 0.717) is 0 Å². The molecule has 2 aromatic rings. The van der Waals surface area contributed by atoms with Crippen LogP contribution >= 0.6 is 0 Å². The molecule has 2 aromatic carbocycles. The van der Waals surface area contributed by atoms with Gasteiger partial charge in [0, 0.05) is 23.4 Å². The van der Waals surface area contributed by atoms with E-state index >= 15 is 0 Å². The number of sulfone groups is 1. The van der Waals surface area contributed by atoms with Gasteiger partial charge in [-0.25, -0.2) is 12.6 Å². The van der Waals surface area contributed by atoms with Crippen LogP contribution in [-0.4, -0.2) is 39.7 Å². The highest BCUT2D eigenvalue weighted by Crippen LogP contribution is 2.19. The molecule has 0 saturated heterocycles. The molecule has 0 heterocycles. The summed E-state index contributed by atoms with van der Waals surface area (Å²) in [7, 11) is -8.64. The van der Waals surface area contributed by atoms with Crippen molar-refractivity contribution < 1.29 is 30.4 Å². The molecule has 27 heavy (non-hydrogen) atoms. The van der Waals surface area contributed by atoms with Gasteiger partial charge in [0.2, 0.25) is 5.39 Å². The van der Waals surface area contributed by atoms with E-state index in [-0.39, 0.29) is 21.8 Å². The number of rotatable bonds is 7. The van der Waals surface area contributed by atoms with Crippen molar-refractivity contribution in [2.75, 3.05) is 17.7 Å². The first kappa shape index (κ1) is 20.5. The summed E-state index contributed by atoms with van der Waals surface area (Å²) in [6.45, 7) is -0.750. The Morgan fingerprint density at radius 1 is 1.11 bits per heavy atom. The topological polar surface area (TPSA) is 155 Å². The molecule has 0 saturated carbocycles. The maximum atomic E-state index is 12.2. The van der Waals surface area contributed by atoms with Gasteiger partial charge in [-0.05, 0) is 30.3 Å². The van der Waals surface area contributed by atoms with Crippen molar-refractivity contribution in [3.8, 4) is 0 Å². The maximum absolute atomic E-state index is 12.2. The van der Waals surface area contributed by atoms with Crippen molar-refractivity contribution in [1.82, 2.24) is 0 Å². The molecule has 0 spiro atoms. The maximum Gasteiger partial charge on any atom is 0.397 e. The van der Waals surface area contributed by atoms with Gasteiger partial charge in [-0.3, -0.25) is 9.35 Å². The number of nitrogens with one attached hydrogen (secondary N) is 1. The van der Waals surface area contributed by atoms with E-state index in [1.54, 1.807) is 0 Å². The molecule has 0 unspecified atom stereocenters. The SMILES string of the molecule is N#[N+]c1ccc(C(=O)Nc2cccc(S(=O)(=O)CCOS(=O)(=O)O)c2)cc1. The third kappa shape index (κ3) is 6.12. The van der Waals surface area contributed by atoms with E-state index < -0.39 is 38.5 Å². The highest BCUT2D eigenvalue weighted by molar-refractivity contribution is 7.91. The van der Waals surface area contributed by atoms with E-state index in [0.717, 1.165) is 0 Å². The van der Waals surface area contributed by atoms with Crippen LogP contribution in [0.5, 0.6) is 0 Å². The van der Waals surface area contributed by atoms with Crippen LogP contribution < -0.4 is 5.32 Å². The van der Waals surface area contributed by atoms with Gasteiger partial charge in [-0.2, -0.15) is 8.42 Å². The van der Waals surface area contributed by atoms with Gasteiger partial charge in [0.1, 0.15) is 0 Å². The average molecular weight is 412 g/mol. The molecule has 1 amide bonds. The summed E-state index contributed by atoms with van der Waals surface area (Å²) in [5.74, 6) is -1.19. The van der Waals surface area contributed by atoms with Crippen molar-refractivity contribution in [3.63, 3.8) is 0 Å². The van der Waals surface area contributed by atoms with Gasteiger partial charge in [-0.15, -0.1) is 0 Å². The van der Waals surface area contributed by atoms with Crippen molar-refractivity contribution >= 4 is 37.5 Å². The van der Waals surface area contributed by atoms with Crippen molar-refractivity contribution in [3.05, 3.63) is 59.1 Å². The Morgan fingerprint density at radius 3 is 2.37 bits per heavy atom. The predicted octanol–water partition coefficient (Wildman–Crippen LogP) is 2.02. The van der Waals surface area contributed by atoms with E-state index in [9.17, 15) is 21.6 Å². The molecule has 0 radical (unpaired) electrons. The van der Waals surface area contributed by atoms with Crippen LogP contribution in [0.4, 0.5) is 11.4 Å². The van der Waals surface area contributed by atoms with E-state index in [2.05, 4.69) is 14.5 Å². The van der Waals surface area contributed by atoms with Gasteiger partial charge in [0.15, 0.2) is 14.8 Å². The molecule has 2 N–H and O–H groups in total. The number of diazo groups is 1. The van der Waals surface area contributed by atoms with Gasteiger partial charge in [0.25, 0.3) is 5.91 Å². The van der Waals surface area contributed by atoms with Crippen LogP contribution in [0.15, 0.2) is 53.4 Å². The highest BCUT2D eigenvalue weighted by atomic mass is 32.3. The lowest BCUT2D eigenvalue weighted by Crippen LogP contribution is -2.16. The lowest BCUT2D eigenvalue weighted by atomic mass is 10.2. The Kier molecular flexibility index (Phi) is 6.24. The van der Waals surface area contributed by atoms with Crippen molar-refractivity contribution in [2.24, 2.45) is 0 Å². The predicted molar refractivity (Wildman–Crippen MR) is 95.1 cm³/mol. The Labute approximate surface area is 155 Å². The number of carbonyl (C=O) groups is 1. The van der Waals surface area contributed by atoms with Crippen LogP contribution in [0.3, 0.4) is 0 Å². The highest BCUT2D eigenvalue weighted by Gasteiger charge is 2.17. The van der Waals surface area contributed by atoms with Crippen LogP contribution in [0.1, 0.15) is 10.4 Å². The molecule has 2 rings (SSSR count). The normalized spacial score (nSPS) is 11.6. The summed E-state index contributed by atoms with van der Waals surface area (Å²) in [5, 5.41) is 11.2. The number of hydrogen-bond acceptors (Lipinski definition) is 7. The number of benzene rings is 2. The molecule has 0 fully saturated rings. The molecule has 0 bridgehead atoms. The van der Waals surface area contributed by atoms with Gasteiger partial charge in [0.05, 0.1) is 17.3 Å². The number of nitrogens with zero attached hydrogens (tertiary/aromatic N) is 2. The first-order chi connectivity index (χ1) is 12.6. The standard InChI is InChI=1S/C15H13N3O7S2/c16-18-12-6-4-11(5-7-12)15(19)17-13-2-1-3-14(10-13)26(20,21)9-8-25-27(22,23)24/h1-7,10H,8-9H2,(H-,17,19,22,23,24)/p+1. The van der Waals surface area contributed by atoms with E-state index in [1.165, 1.54) is 48.5 Å². The van der Waals surface area contributed by atoms with Crippen LogP contribution in [-0.2, 0) is 24.4 Å². The fraction of sp³-hybridized carbons (Fsp3) is 0.133. The third-order valence-corrected chi connectivity index (χ3v) is 5.42. The number of carbonyl (C=O) groups excluding carboxylic acids is 1. The zero-order valence-electron chi connectivity index (χ0n) is 13.6. The molecule has 0 atom stereocenters. The molecule has 0 aliphatic carbocycles. The second kappa shape index (κ2) is 8.23. The molecule has 0 aliphatic heterocycles. The second-order valence-electron chi connectivity index (χ2n) is 5.20. The molecule has 10 nitrogen and oxygen atoms in total. The molecular weight excluding hydrogens is 398 g/mol. The van der Waals surface area contributed by atoms with Gasteiger partial charge in [-0.1, -0.05) is 6.07 Å². The lowest BCUT2D eigenvalue weighted by molar-refractivity contribution is 0.102. The molecule has 0 aliphatic rings. The van der Waals surface area contributed by atoms with E-state index in [4.69, 9.17) is 9.95 Å². The van der Waals surface area contributed by atoms with Crippen LogP contribution in [0, 0.1) is 5.39 Å². The molecule has 0 aromatic heterocycles. The monoisotopic (exact) mass is 412 g/mol. The summed E-state index contributed by atoms with van der Waals surface area (Å²) in [6, 6.07) is 11.1. The quantitative estimate of drug-likeness (QED) is 0.517. The van der Waals surface area contributed by atoms with E-state index in [1.807, 2.05) is 0 Å². The zero-order valence-corrected chi connectivity index (χ0v) is 15.3. The van der Waals surface area contributed by atoms with Crippen molar-refractivity contribution in [1.29, 1.82) is 5.39 Å². The average Bonchev–Trinajstić information content (AvgIpc) is 2.60. The largest absolute Gasteiger partial charge is 0.397 e. The minimum Gasteiger partial charge on any atom is -0.322 e. The fourth-order valence-corrected chi connectivity index (χ4v) is 3.55. The summed E-state index contributed by atoms with van der Waals surface area (Å²) in [6.07, 6.45) is 0. The van der Waals surface area contributed by atoms with Crippen LogP contribution in [0.25, 0.3) is 4.98 Å². The summed E-state index contributed by atoms with van der Waals surface area (Å²) in [5.41, 5.74) is 0.733.